The van der Waals surface area contributed by atoms with E-state index in [1.807, 2.05) is 20.8 Å². The molecule has 0 unspecified atom stereocenters. The first-order valence-electron chi connectivity index (χ1n) is 7.43. The molecule has 3 saturated carbocycles. The van der Waals surface area contributed by atoms with Crippen molar-refractivity contribution in [3.63, 3.8) is 0 Å². The highest BCUT2D eigenvalue weighted by Gasteiger charge is 2.40. The Kier molecular flexibility index (Phi) is 5.65. The van der Waals surface area contributed by atoms with Crippen LogP contribution in [0.3, 0.4) is 0 Å². The first-order chi connectivity index (χ1) is 8.89. The zero-order valence-electron chi connectivity index (χ0n) is 12.9. The van der Waals surface area contributed by atoms with Crippen molar-refractivity contribution in [3.8, 4) is 0 Å². The van der Waals surface area contributed by atoms with Gasteiger partial charge in [-0.1, -0.05) is 0 Å². The Bertz CT molecular complexity index is 275. The maximum atomic E-state index is 11.6. The van der Waals surface area contributed by atoms with Crippen molar-refractivity contribution < 1.29 is 9.53 Å². The Balaban J connectivity index is 0.000000861. The van der Waals surface area contributed by atoms with Crippen LogP contribution in [0.2, 0.25) is 0 Å². The van der Waals surface area contributed by atoms with Crippen molar-refractivity contribution in [1.82, 2.24) is 5.32 Å². The molecule has 0 heterocycles. The standard InChI is InChI=1S/C14H25NO2.CH5N/c1-13(2,3)17-12(16)15-10-14-7-4-11(5-8-14)6-9-14;1-2/h11H,4-10H2,1-3H3,(H,15,16);2H2,1H3. The number of amides is 1. The van der Waals surface area contributed by atoms with Gasteiger partial charge in [-0.05, 0) is 77.7 Å². The number of carbonyl (C=O) groups is 1. The number of nitrogens with two attached hydrogens (primary N) is 1. The fourth-order valence-corrected chi connectivity index (χ4v) is 3.18. The fourth-order valence-electron chi connectivity index (χ4n) is 3.18. The molecule has 3 aliphatic rings. The predicted octanol–water partition coefficient (Wildman–Crippen LogP) is 3.06. The summed E-state index contributed by atoms with van der Waals surface area (Å²) in [5.41, 5.74) is 4.48. The minimum Gasteiger partial charge on any atom is -0.444 e. The number of hydrogen-bond donors (Lipinski definition) is 2. The zero-order chi connectivity index (χ0) is 14.5. The monoisotopic (exact) mass is 270 g/mol. The third-order valence-corrected chi connectivity index (χ3v) is 4.26. The number of fused-ring (bicyclic) bond motifs is 3. The molecule has 1 amide bonds. The summed E-state index contributed by atoms with van der Waals surface area (Å²) < 4.78 is 5.28. The molecule has 0 aromatic carbocycles. The lowest BCUT2D eigenvalue weighted by Gasteiger charge is -2.46. The molecular formula is C15H30N2O2. The number of alkyl carbamates (subject to hydrolysis) is 1. The highest BCUT2D eigenvalue weighted by molar-refractivity contribution is 5.67. The Morgan fingerprint density at radius 1 is 1.21 bits per heavy atom. The second-order valence-electron chi connectivity index (χ2n) is 6.84. The summed E-state index contributed by atoms with van der Waals surface area (Å²) in [4.78, 5) is 11.6. The number of rotatable bonds is 2. The molecule has 4 nitrogen and oxygen atoms in total. The molecule has 0 aliphatic heterocycles. The van der Waals surface area contributed by atoms with Crippen LogP contribution in [0, 0.1) is 11.3 Å². The molecule has 3 fully saturated rings. The lowest BCUT2D eigenvalue weighted by molar-refractivity contribution is 0.0364. The quantitative estimate of drug-likeness (QED) is 0.810. The van der Waals surface area contributed by atoms with E-state index >= 15 is 0 Å². The molecule has 0 spiro atoms. The lowest BCUT2D eigenvalue weighted by atomic mass is 9.61. The molecule has 0 atom stereocenters. The molecule has 19 heavy (non-hydrogen) atoms. The van der Waals surface area contributed by atoms with E-state index in [9.17, 15) is 4.79 Å². The maximum absolute atomic E-state index is 11.6. The van der Waals surface area contributed by atoms with Gasteiger partial charge in [0, 0.05) is 6.54 Å². The molecule has 2 bridgehead atoms. The van der Waals surface area contributed by atoms with E-state index in [-0.39, 0.29) is 6.09 Å². The van der Waals surface area contributed by atoms with Crippen LogP contribution in [0.25, 0.3) is 0 Å². The summed E-state index contributed by atoms with van der Waals surface area (Å²) in [6.07, 6.45) is 7.66. The van der Waals surface area contributed by atoms with Gasteiger partial charge in [-0.2, -0.15) is 0 Å². The van der Waals surface area contributed by atoms with E-state index in [4.69, 9.17) is 4.74 Å². The largest absolute Gasteiger partial charge is 0.444 e. The minimum atomic E-state index is -0.397. The van der Waals surface area contributed by atoms with Crippen molar-refractivity contribution in [2.75, 3.05) is 13.6 Å². The number of ether oxygens (including phenoxy) is 1. The van der Waals surface area contributed by atoms with Crippen molar-refractivity contribution in [2.45, 2.75) is 64.9 Å². The van der Waals surface area contributed by atoms with Gasteiger partial charge in [0.25, 0.3) is 0 Å². The average molecular weight is 270 g/mol. The second-order valence-corrected chi connectivity index (χ2v) is 6.84. The summed E-state index contributed by atoms with van der Waals surface area (Å²) in [5.74, 6) is 0.971. The van der Waals surface area contributed by atoms with Crippen LogP contribution < -0.4 is 11.1 Å². The first-order valence-corrected chi connectivity index (χ1v) is 7.43. The third kappa shape index (κ3) is 5.01. The molecule has 0 radical (unpaired) electrons. The van der Waals surface area contributed by atoms with E-state index in [0.29, 0.717) is 5.41 Å². The molecule has 4 heteroatoms. The van der Waals surface area contributed by atoms with E-state index in [0.717, 1.165) is 12.5 Å². The zero-order valence-corrected chi connectivity index (χ0v) is 12.9. The van der Waals surface area contributed by atoms with Gasteiger partial charge in [-0.15, -0.1) is 0 Å². The summed E-state index contributed by atoms with van der Waals surface area (Å²) in [7, 11) is 1.50. The van der Waals surface area contributed by atoms with Crippen LogP contribution >= 0.6 is 0 Å². The van der Waals surface area contributed by atoms with Crippen LogP contribution in [-0.2, 0) is 4.74 Å². The Morgan fingerprint density at radius 3 is 2.11 bits per heavy atom. The van der Waals surface area contributed by atoms with Crippen LogP contribution in [0.4, 0.5) is 4.79 Å². The normalized spacial score (nSPS) is 29.2. The smallest absolute Gasteiger partial charge is 0.407 e. The SMILES string of the molecule is CC(C)(C)OC(=O)NCC12CCC(CC1)CC2.CN. The van der Waals surface area contributed by atoms with Crippen LogP contribution in [0.15, 0.2) is 0 Å². The van der Waals surface area contributed by atoms with Gasteiger partial charge in [0.2, 0.25) is 0 Å². The van der Waals surface area contributed by atoms with E-state index in [1.54, 1.807) is 0 Å². The molecular weight excluding hydrogens is 240 g/mol. The highest BCUT2D eigenvalue weighted by atomic mass is 16.6. The van der Waals surface area contributed by atoms with Gasteiger partial charge < -0.3 is 15.8 Å². The highest BCUT2D eigenvalue weighted by Crippen LogP contribution is 2.49. The van der Waals surface area contributed by atoms with Gasteiger partial charge in [0.05, 0.1) is 0 Å². The molecule has 0 saturated heterocycles. The Labute approximate surface area is 117 Å². The van der Waals surface area contributed by atoms with Crippen LogP contribution in [0.1, 0.15) is 59.3 Å². The topological polar surface area (TPSA) is 64.3 Å². The van der Waals surface area contributed by atoms with Crippen molar-refractivity contribution in [3.05, 3.63) is 0 Å². The van der Waals surface area contributed by atoms with Gasteiger partial charge >= 0.3 is 6.09 Å². The fraction of sp³-hybridized carbons (Fsp3) is 0.933. The first kappa shape index (κ1) is 16.3. The minimum absolute atomic E-state index is 0.264. The number of nitrogens with one attached hydrogen (secondary N) is 1. The number of hydrogen-bond acceptors (Lipinski definition) is 3. The van der Waals surface area contributed by atoms with E-state index < -0.39 is 5.60 Å². The Morgan fingerprint density at radius 2 is 1.68 bits per heavy atom. The van der Waals surface area contributed by atoms with Gasteiger partial charge in [0.1, 0.15) is 5.60 Å². The van der Waals surface area contributed by atoms with Gasteiger partial charge in [0.15, 0.2) is 0 Å². The summed E-state index contributed by atoms with van der Waals surface area (Å²) in [5, 5.41) is 2.96. The van der Waals surface area contributed by atoms with Crippen LogP contribution in [0.5, 0.6) is 0 Å². The summed E-state index contributed by atoms with van der Waals surface area (Å²) >= 11 is 0. The molecule has 112 valence electrons. The average Bonchev–Trinajstić information content (AvgIpc) is 2.39. The van der Waals surface area contributed by atoms with Crippen LogP contribution in [-0.4, -0.2) is 25.3 Å². The third-order valence-electron chi connectivity index (χ3n) is 4.26. The predicted molar refractivity (Wildman–Crippen MR) is 78.0 cm³/mol. The maximum Gasteiger partial charge on any atom is 0.407 e. The van der Waals surface area contributed by atoms with Gasteiger partial charge in [-0.25, -0.2) is 4.79 Å². The summed E-state index contributed by atoms with van der Waals surface area (Å²) in [6.45, 7) is 6.50. The summed E-state index contributed by atoms with van der Waals surface area (Å²) in [6, 6.07) is 0. The lowest BCUT2D eigenvalue weighted by Crippen LogP contribution is -2.44. The molecule has 3 N–H and O–H groups in total. The molecule has 3 aliphatic carbocycles. The van der Waals surface area contributed by atoms with Crippen molar-refractivity contribution >= 4 is 6.09 Å². The van der Waals surface area contributed by atoms with E-state index in [1.165, 1.54) is 45.6 Å². The van der Waals surface area contributed by atoms with Crippen molar-refractivity contribution in [1.29, 1.82) is 0 Å². The molecule has 3 rings (SSSR count). The molecule has 0 aromatic heterocycles. The Hall–Kier alpha value is -0.770. The number of carbonyl (C=O) groups excluding carboxylic acids is 1. The van der Waals surface area contributed by atoms with E-state index in [2.05, 4.69) is 11.1 Å². The van der Waals surface area contributed by atoms with Gasteiger partial charge in [-0.3, -0.25) is 0 Å². The second kappa shape index (κ2) is 6.60. The molecule has 0 aromatic rings. The van der Waals surface area contributed by atoms with Crippen molar-refractivity contribution in [2.24, 2.45) is 17.1 Å².